The molecule has 6 heteroatoms. The van der Waals surface area contributed by atoms with Crippen LogP contribution in [0.15, 0.2) is 40.9 Å². The van der Waals surface area contributed by atoms with Gasteiger partial charge in [0.1, 0.15) is 0 Å². The van der Waals surface area contributed by atoms with Crippen LogP contribution in [0.25, 0.3) is 0 Å². The first-order valence-electron chi connectivity index (χ1n) is 6.51. The van der Waals surface area contributed by atoms with Crippen LogP contribution >= 0.6 is 50.7 Å². The second-order valence-corrected chi connectivity index (χ2v) is 7.32. The van der Waals surface area contributed by atoms with Crippen LogP contribution in [-0.4, -0.2) is 11.0 Å². The van der Waals surface area contributed by atoms with Crippen molar-refractivity contribution in [3.8, 4) is 0 Å². The highest BCUT2D eigenvalue weighted by Gasteiger charge is 2.10. The summed E-state index contributed by atoms with van der Waals surface area (Å²) in [5.74, 6) is -0.215. The van der Waals surface area contributed by atoms with Crippen molar-refractivity contribution in [1.29, 1.82) is 0 Å². The fraction of sp³-hybridized carbons (Fsp3) is 0.125. The standard InChI is InChI=1S/C16H14BrIN2OS/c1-9-3-4-11(7-10(9)2)15(21)20-16(22)19-14-6-5-12(17)8-13(14)18/h3-8H,1-2H3,(H2,19,20,21,22). The first-order chi connectivity index (χ1) is 10.4. The Morgan fingerprint density at radius 2 is 1.86 bits per heavy atom. The van der Waals surface area contributed by atoms with E-state index in [0.717, 1.165) is 24.9 Å². The lowest BCUT2D eigenvalue weighted by atomic mass is 10.1. The molecular formula is C16H14BrIN2OS. The van der Waals surface area contributed by atoms with Crippen molar-refractivity contribution >= 4 is 67.4 Å². The molecule has 0 fully saturated rings. The molecule has 0 aliphatic rings. The number of hydrogen-bond donors (Lipinski definition) is 2. The van der Waals surface area contributed by atoms with Crippen molar-refractivity contribution in [2.45, 2.75) is 13.8 Å². The van der Waals surface area contributed by atoms with Crippen molar-refractivity contribution in [3.05, 3.63) is 61.1 Å². The van der Waals surface area contributed by atoms with E-state index in [-0.39, 0.29) is 11.0 Å². The van der Waals surface area contributed by atoms with Gasteiger partial charge in [-0.3, -0.25) is 10.1 Å². The predicted molar refractivity (Wildman–Crippen MR) is 106 cm³/mol. The average Bonchev–Trinajstić information content (AvgIpc) is 2.45. The molecule has 0 radical (unpaired) electrons. The van der Waals surface area contributed by atoms with Gasteiger partial charge in [-0.25, -0.2) is 0 Å². The van der Waals surface area contributed by atoms with Gasteiger partial charge in [0.2, 0.25) is 0 Å². The average molecular weight is 489 g/mol. The van der Waals surface area contributed by atoms with Crippen LogP contribution in [-0.2, 0) is 0 Å². The van der Waals surface area contributed by atoms with Gasteiger partial charge >= 0.3 is 0 Å². The van der Waals surface area contributed by atoms with Gasteiger partial charge in [0, 0.05) is 13.6 Å². The number of anilines is 1. The fourth-order valence-corrected chi connectivity index (χ4v) is 3.44. The molecule has 0 saturated heterocycles. The third-order valence-electron chi connectivity index (χ3n) is 3.18. The number of nitrogens with one attached hydrogen (secondary N) is 2. The van der Waals surface area contributed by atoms with Crippen LogP contribution in [0.2, 0.25) is 0 Å². The van der Waals surface area contributed by atoms with E-state index in [1.165, 1.54) is 0 Å². The van der Waals surface area contributed by atoms with Crippen molar-refractivity contribution in [3.63, 3.8) is 0 Å². The summed E-state index contributed by atoms with van der Waals surface area (Å²) >= 11 is 10.8. The normalized spacial score (nSPS) is 10.2. The Labute approximate surface area is 157 Å². The Morgan fingerprint density at radius 1 is 1.14 bits per heavy atom. The van der Waals surface area contributed by atoms with Crippen LogP contribution in [0, 0.1) is 17.4 Å². The molecule has 2 rings (SSSR count). The SMILES string of the molecule is Cc1ccc(C(=O)NC(=S)Nc2ccc(Br)cc2I)cc1C. The molecule has 0 spiro atoms. The van der Waals surface area contributed by atoms with Crippen LogP contribution < -0.4 is 10.6 Å². The summed E-state index contributed by atoms with van der Waals surface area (Å²) in [7, 11) is 0. The molecule has 114 valence electrons. The third-order valence-corrected chi connectivity index (χ3v) is 4.77. The number of hydrogen-bond acceptors (Lipinski definition) is 2. The van der Waals surface area contributed by atoms with E-state index >= 15 is 0 Å². The van der Waals surface area contributed by atoms with E-state index in [0.29, 0.717) is 5.56 Å². The maximum atomic E-state index is 12.2. The van der Waals surface area contributed by atoms with Crippen molar-refractivity contribution in [1.82, 2.24) is 5.32 Å². The number of aryl methyl sites for hydroxylation is 2. The minimum atomic E-state index is -0.215. The highest BCUT2D eigenvalue weighted by atomic mass is 127. The fourth-order valence-electron chi connectivity index (χ4n) is 1.80. The zero-order chi connectivity index (χ0) is 16.3. The summed E-state index contributed by atoms with van der Waals surface area (Å²) in [5.41, 5.74) is 3.68. The number of halogens is 2. The molecule has 0 aliphatic carbocycles. The second kappa shape index (κ2) is 7.52. The second-order valence-electron chi connectivity index (χ2n) is 4.83. The Bertz CT molecular complexity index is 749. The van der Waals surface area contributed by atoms with E-state index in [1.807, 2.05) is 44.2 Å². The first-order valence-corrected chi connectivity index (χ1v) is 8.79. The number of carbonyl (C=O) groups excluding carboxylic acids is 1. The summed E-state index contributed by atoms with van der Waals surface area (Å²) in [4.78, 5) is 12.2. The molecule has 0 aromatic heterocycles. The van der Waals surface area contributed by atoms with Crippen molar-refractivity contribution in [2.24, 2.45) is 0 Å². The Kier molecular flexibility index (Phi) is 5.94. The monoisotopic (exact) mass is 488 g/mol. The minimum absolute atomic E-state index is 0.215. The summed E-state index contributed by atoms with van der Waals surface area (Å²) in [6.45, 7) is 3.99. The maximum Gasteiger partial charge on any atom is 0.257 e. The highest BCUT2D eigenvalue weighted by Crippen LogP contribution is 2.22. The smallest absolute Gasteiger partial charge is 0.257 e. The predicted octanol–water partition coefficient (Wildman–Crippen LogP) is 4.80. The molecule has 0 saturated carbocycles. The molecule has 0 heterocycles. The molecule has 2 aromatic rings. The molecule has 0 aliphatic heterocycles. The van der Waals surface area contributed by atoms with Crippen LogP contribution in [0.4, 0.5) is 5.69 Å². The Morgan fingerprint density at radius 3 is 2.50 bits per heavy atom. The molecule has 0 unspecified atom stereocenters. The topological polar surface area (TPSA) is 41.1 Å². The lowest BCUT2D eigenvalue weighted by molar-refractivity contribution is 0.0977. The molecule has 22 heavy (non-hydrogen) atoms. The number of carbonyl (C=O) groups is 1. The molecule has 1 amide bonds. The molecule has 3 nitrogen and oxygen atoms in total. The third kappa shape index (κ3) is 4.50. The number of amides is 1. The van der Waals surface area contributed by atoms with Gasteiger partial charge in [0.05, 0.1) is 5.69 Å². The van der Waals surface area contributed by atoms with E-state index in [1.54, 1.807) is 6.07 Å². The van der Waals surface area contributed by atoms with E-state index in [4.69, 9.17) is 12.2 Å². The Hall–Kier alpha value is -0.990. The highest BCUT2D eigenvalue weighted by molar-refractivity contribution is 14.1. The van der Waals surface area contributed by atoms with Crippen LogP contribution in [0.5, 0.6) is 0 Å². The zero-order valence-electron chi connectivity index (χ0n) is 12.0. The van der Waals surface area contributed by atoms with E-state index in [9.17, 15) is 4.79 Å². The van der Waals surface area contributed by atoms with Gasteiger partial charge in [-0.05, 0) is 90.1 Å². The summed E-state index contributed by atoms with van der Waals surface area (Å²) in [6, 6.07) is 11.4. The quantitative estimate of drug-likeness (QED) is 0.471. The minimum Gasteiger partial charge on any atom is -0.332 e. The number of thiocarbonyl (C=S) groups is 1. The van der Waals surface area contributed by atoms with Gasteiger partial charge in [-0.2, -0.15) is 0 Å². The number of rotatable bonds is 2. The summed E-state index contributed by atoms with van der Waals surface area (Å²) < 4.78 is 2.00. The molecule has 2 aromatic carbocycles. The molecular weight excluding hydrogens is 475 g/mol. The van der Waals surface area contributed by atoms with Gasteiger partial charge in [0.15, 0.2) is 5.11 Å². The van der Waals surface area contributed by atoms with E-state index in [2.05, 4.69) is 49.2 Å². The number of benzene rings is 2. The summed E-state index contributed by atoms with van der Waals surface area (Å²) in [5, 5.41) is 6.02. The molecule has 0 atom stereocenters. The van der Waals surface area contributed by atoms with Gasteiger partial charge in [0.25, 0.3) is 5.91 Å². The van der Waals surface area contributed by atoms with Crippen LogP contribution in [0.1, 0.15) is 21.5 Å². The van der Waals surface area contributed by atoms with Crippen molar-refractivity contribution < 1.29 is 4.79 Å². The van der Waals surface area contributed by atoms with E-state index < -0.39 is 0 Å². The van der Waals surface area contributed by atoms with Gasteiger partial charge in [-0.1, -0.05) is 22.0 Å². The van der Waals surface area contributed by atoms with Gasteiger partial charge in [-0.15, -0.1) is 0 Å². The Balaban J connectivity index is 2.05. The van der Waals surface area contributed by atoms with Gasteiger partial charge < -0.3 is 5.32 Å². The summed E-state index contributed by atoms with van der Waals surface area (Å²) in [6.07, 6.45) is 0. The van der Waals surface area contributed by atoms with Crippen LogP contribution in [0.3, 0.4) is 0 Å². The lowest BCUT2D eigenvalue weighted by Crippen LogP contribution is -2.34. The van der Waals surface area contributed by atoms with Crippen molar-refractivity contribution in [2.75, 3.05) is 5.32 Å². The first kappa shape index (κ1) is 17.4. The largest absolute Gasteiger partial charge is 0.332 e. The zero-order valence-corrected chi connectivity index (χ0v) is 16.6. The molecule has 0 bridgehead atoms. The molecule has 2 N–H and O–H groups in total. The maximum absolute atomic E-state index is 12.2. The lowest BCUT2D eigenvalue weighted by Gasteiger charge is -2.12.